The maximum atomic E-state index is 13.3. The van der Waals surface area contributed by atoms with E-state index in [-0.39, 0.29) is 5.82 Å². The molecule has 82 valence electrons. The second-order valence-electron chi connectivity index (χ2n) is 3.60. The Morgan fingerprint density at radius 3 is 2.69 bits per heavy atom. The molecule has 2 aromatic rings. The summed E-state index contributed by atoms with van der Waals surface area (Å²) in [7, 11) is 0. The van der Waals surface area contributed by atoms with Crippen LogP contribution in [0.3, 0.4) is 0 Å². The Kier molecular flexibility index (Phi) is 3.15. The van der Waals surface area contributed by atoms with Crippen molar-refractivity contribution < 1.29 is 4.39 Å². The summed E-state index contributed by atoms with van der Waals surface area (Å²) in [6.07, 6.45) is 0. The van der Waals surface area contributed by atoms with Gasteiger partial charge in [0.2, 0.25) is 0 Å². The molecule has 0 bridgehead atoms. The average molecular weight is 216 g/mol. The van der Waals surface area contributed by atoms with E-state index in [1.807, 2.05) is 25.1 Å². The van der Waals surface area contributed by atoms with Gasteiger partial charge in [-0.3, -0.25) is 4.98 Å². The molecular weight excluding hydrogens is 203 g/mol. The molecule has 0 spiro atoms. The number of hydrogen-bond acceptors (Lipinski definition) is 2. The quantitative estimate of drug-likeness (QED) is 0.852. The van der Waals surface area contributed by atoms with E-state index < -0.39 is 0 Å². The lowest BCUT2D eigenvalue weighted by Crippen LogP contribution is -2.03. The fraction of sp³-hybridized carbons (Fsp3) is 0.154. The van der Waals surface area contributed by atoms with Crippen LogP contribution in [0.15, 0.2) is 42.5 Å². The molecule has 16 heavy (non-hydrogen) atoms. The Hall–Kier alpha value is -1.90. The number of hydrogen-bond donors (Lipinski definition) is 1. The van der Waals surface area contributed by atoms with Crippen LogP contribution < -0.4 is 5.32 Å². The summed E-state index contributed by atoms with van der Waals surface area (Å²) < 4.78 is 13.3. The van der Waals surface area contributed by atoms with Crippen LogP contribution in [-0.2, 0) is 6.54 Å². The topological polar surface area (TPSA) is 24.9 Å². The Labute approximate surface area is 94.2 Å². The van der Waals surface area contributed by atoms with Gasteiger partial charge in [0.1, 0.15) is 5.82 Å². The molecule has 0 saturated heterocycles. The van der Waals surface area contributed by atoms with Gasteiger partial charge < -0.3 is 5.32 Å². The Morgan fingerprint density at radius 1 is 1.12 bits per heavy atom. The van der Waals surface area contributed by atoms with Crippen LogP contribution in [0.4, 0.5) is 10.1 Å². The first-order chi connectivity index (χ1) is 7.75. The van der Waals surface area contributed by atoms with Gasteiger partial charge in [-0.25, -0.2) is 4.39 Å². The van der Waals surface area contributed by atoms with Crippen LogP contribution in [0.25, 0.3) is 0 Å². The first kappa shape index (κ1) is 10.6. The van der Waals surface area contributed by atoms with Crippen molar-refractivity contribution in [3.63, 3.8) is 0 Å². The largest absolute Gasteiger partial charge is 0.377 e. The van der Waals surface area contributed by atoms with Crippen molar-refractivity contribution >= 4 is 5.69 Å². The minimum Gasteiger partial charge on any atom is -0.377 e. The number of benzene rings is 1. The maximum Gasteiger partial charge on any atom is 0.146 e. The third-order valence-electron chi connectivity index (χ3n) is 2.28. The highest BCUT2D eigenvalue weighted by molar-refractivity contribution is 5.44. The average Bonchev–Trinajstić information content (AvgIpc) is 2.28. The molecule has 0 atom stereocenters. The molecule has 3 heteroatoms. The zero-order valence-corrected chi connectivity index (χ0v) is 9.07. The molecule has 0 amide bonds. The monoisotopic (exact) mass is 216 g/mol. The number of para-hydroxylation sites is 1. The molecule has 0 unspecified atom stereocenters. The number of rotatable bonds is 3. The predicted octanol–water partition coefficient (Wildman–Crippen LogP) is 3.14. The van der Waals surface area contributed by atoms with Crippen LogP contribution >= 0.6 is 0 Å². The summed E-state index contributed by atoms with van der Waals surface area (Å²) >= 11 is 0. The number of anilines is 1. The second-order valence-corrected chi connectivity index (χ2v) is 3.60. The van der Waals surface area contributed by atoms with Gasteiger partial charge in [0, 0.05) is 5.69 Å². The first-order valence-electron chi connectivity index (χ1n) is 5.16. The fourth-order valence-corrected chi connectivity index (χ4v) is 1.49. The molecule has 1 N–H and O–H groups in total. The van der Waals surface area contributed by atoms with Crippen molar-refractivity contribution in [1.82, 2.24) is 4.98 Å². The zero-order valence-electron chi connectivity index (χ0n) is 9.07. The summed E-state index contributed by atoms with van der Waals surface area (Å²) in [5, 5.41) is 3.02. The van der Waals surface area contributed by atoms with Gasteiger partial charge in [0.25, 0.3) is 0 Å². The minimum absolute atomic E-state index is 0.241. The summed E-state index contributed by atoms with van der Waals surface area (Å²) in [5.41, 5.74) is 2.38. The Bertz CT molecular complexity index is 483. The molecule has 2 rings (SSSR count). The lowest BCUT2D eigenvalue weighted by Gasteiger charge is -2.07. The molecule has 2 nitrogen and oxygen atoms in total. The van der Waals surface area contributed by atoms with Gasteiger partial charge in [-0.15, -0.1) is 0 Å². The number of nitrogens with zero attached hydrogens (tertiary/aromatic N) is 1. The molecule has 0 aliphatic heterocycles. The highest BCUT2D eigenvalue weighted by atomic mass is 19.1. The molecule has 0 fully saturated rings. The van der Waals surface area contributed by atoms with Crippen molar-refractivity contribution in [3.8, 4) is 0 Å². The van der Waals surface area contributed by atoms with E-state index in [0.717, 1.165) is 11.4 Å². The highest BCUT2D eigenvalue weighted by Gasteiger charge is 2.00. The third kappa shape index (κ3) is 2.57. The summed E-state index contributed by atoms with van der Waals surface area (Å²) in [4.78, 5) is 4.33. The number of aromatic nitrogens is 1. The van der Waals surface area contributed by atoms with Gasteiger partial charge in [0.05, 0.1) is 17.9 Å². The van der Waals surface area contributed by atoms with Gasteiger partial charge in [-0.2, -0.15) is 0 Å². The van der Waals surface area contributed by atoms with Gasteiger partial charge in [-0.05, 0) is 31.2 Å². The minimum atomic E-state index is -0.241. The lowest BCUT2D eigenvalue weighted by molar-refractivity contribution is 0.630. The maximum absolute atomic E-state index is 13.3. The van der Waals surface area contributed by atoms with Crippen LogP contribution in [0.5, 0.6) is 0 Å². The summed E-state index contributed by atoms with van der Waals surface area (Å²) in [5.74, 6) is -0.241. The molecule has 0 aliphatic rings. The summed E-state index contributed by atoms with van der Waals surface area (Å²) in [6.45, 7) is 2.47. The van der Waals surface area contributed by atoms with Crippen molar-refractivity contribution in [2.45, 2.75) is 13.5 Å². The van der Waals surface area contributed by atoms with Crippen LogP contribution in [-0.4, -0.2) is 4.98 Å². The standard InChI is InChI=1S/C13H13FN2/c1-10-5-4-6-11(16-10)9-15-13-8-3-2-7-12(13)14/h2-8,15H,9H2,1H3. The number of nitrogens with one attached hydrogen (secondary N) is 1. The van der Waals surface area contributed by atoms with E-state index in [2.05, 4.69) is 10.3 Å². The zero-order chi connectivity index (χ0) is 11.4. The van der Waals surface area contributed by atoms with E-state index in [9.17, 15) is 4.39 Å². The van der Waals surface area contributed by atoms with Gasteiger partial charge in [0.15, 0.2) is 0 Å². The molecule has 1 aromatic carbocycles. The number of pyridine rings is 1. The van der Waals surface area contributed by atoms with Crippen molar-refractivity contribution in [2.24, 2.45) is 0 Å². The van der Waals surface area contributed by atoms with Gasteiger partial charge in [-0.1, -0.05) is 18.2 Å². The van der Waals surface area contributed by atoms with Gasteiger partial charge >= 0.3 is 0 Å². The van der Waals surface area contributed by atoms with Crippen molar-refractivity contribution in [2.75, 3.05) is 5.32 Å². The van der Waals surface area contributed by atoms with E-state index in [4.69, 9.17) is 0 Å². The molecular formula is C13H13FN2. The molecule has 1 aromatic heterocycles. The SMILES string of the molecule is Cc1cccc(CNc2ccccc2F)n1. The molecule has 0 aliphatic carbocycles. The second kappa shape index (κ2) is 4.75. The van der Waals surface area contributed by atoms with Crippen LogP contribution in [0.1, 0.15) is 11.4 Å². The van der Waals surface area contributed by atoms with Crippen molar-refractivity contribution in [3.05, 3.63) is 59.7 Å². The van der Waals surface area contributed by atoms with Crippen LogP contribution in [0, 0.1) is 12.7 Å². The van der Waals surface area contributed by atoms with Crippen molar-refractivity contribution in [1.29, 1.82) is 0 Å². The highest BCUT2D eigenvalue weighted by Crippen LogP contribution is 2.13. The van der Waals surface area contributed by atoms with E-state index >= 15 is 0 Å². The Morgan fingerprint density at radius 2 is 1.94 bits per heavy atom. The lowest BCUT2D eigenvalue weighted by atomic mass is 10.2. The predicted molar refractivity (Wildman–Crippen MR) is 62.7 cm³/mol. The first-order valence-corrected chi connectivity index (χ1v) is 5.16. The van der Waals surface area contributed by atoms with Crippen LogP contribution in [0.2, 0.25) is 0 Å². The third-order valence-corrected chi connectivity index (χ3v) is 2.28. The van der Waals surface area contributed by atoms with E-state index in [1.165, 1.54) is 6.07 Å². The van der Waals surface area contributed by atoms with E-state index in [0.29, 0.717) is 12.2 Å². The molecule has 0 saturated carbocycles. The normalized spacial score (nSPS) is 10.1. The number of aryl methyl sites for hydroxylation is 1. The Balaban J connectivity index is 2.05. The fourth-order valence-electron chi connectivity index (χ4n) is 1.49. The number of halogens is 1. The molecule has 0 radical (unpaired) electrons. The van der Waals surface area contributed by atoms with E-state index in [1.54, 1.807) is 18.2 Å². The smallest absolute Gasteiger partial charge is 0.146 e. The molecule has 1 heterocycles. The summed E-state index contributed by atoms with van der Waals surface area (Å²) in [6, 6.07) is 12.4.